The summed E-state index contributed by atoms with van der Waals surface area (Å²) < 4.78 is 5.86. The highest BCUT2D eigenvalue weighted by Gasteiger charge is 2.43. The number of nitriles is 1. The van der Waals surface area contributed by atoms with Crippen molar-refractivity contribution in [3.8, 4) is 11.8 Å². The molecule has 2 aliphatic heterocycles. The van der Waals surface area contributed by atoms with Gasteiger partial charge in [0.15, 0.2) is 6.23 Å². The van der Waals surface area contributed by atoms with Gasteiger partial charge in [0.2, 0.25) is 0 Å². The summed E-state index contributed by atoms with van der Waals surface area (Å²) in [4.78, 5) is 12.9. The van der Waals surface area contributed by atoms with Crippen LogP contribution in [0.4, 0.5) is 0 Å². The molecule has 2 unspecified atom stereocenters. The molecule has 1 aromatic carbocycles. The maximum Gasteiger partial charge on any atom is 0.271 e. The van der Waals surface area contributed by atoms with E-state index in [1.807, 2.05) is 19.9 Å². The largest absolute Gasteiger partial charge is 0.508 e. The fourth-order valence-electron chi connectivity index (χ4n) is 3.88. The molecule has 2 heterocycles. The summed E-state index contributed by atoms with van der Waals surface area (Å²) in [7, 11) is 0. The summed E-state index contributed by atoms with van der Waals surface area (Å²) >= 11 is 0. The van der Waals surface area contributed by atoms with Gasteiger partial charge in [-0.1, -0.05) is 11.3 Å². The molecule has 0 radical (unpaired) electrons. The number of phenols is 1. The standard InChI is InChI=1S/C20H23N7O3/c1-4-30-20-17-16(13-6-5-12(8-21)7-14(13)28)15(19(29)25-26-22)11(3)27(23)18(17)10(2)9-24-20/h5-7,9,16,20,24,28H,4,23H2,1-3H3,(H2,22,25,29). The molecule has 0 saturated heterocycles. The molecule has 6 N–H and O–H groups in total. The molecule has 0 bridgehead atoms. The monoisotopic (exact) mass is 409 g/mol. The van der Waals surface area contributed by atoms with Crippen LogP contribution in [-0.2, 0) is 9.53 Å². The Morgan fingerprint density at radius 1 is 1.50 bits per heavy atom. The van der Waals surface area contributed by atoms with E-state index >= 15 is 0 Å². The number of nitrogens with one attached hydrogen (secondary N) is 3. The molecule has 2 aliphatic rings. The predicted molar refractivity (Wildman–Crippen MR) is 107 cm³/mol. The molecule has 10 heteroatoms. The number of aromatic hydroxyl groups is 1. The number of benzene rings is 1. The summed E-state index contributed by atoms with van der Waals surface area (Å²) in [6, 6.07) is 6.50. The fourth-order valence-corrected chi connectivity index (χ4v) is 3.88. The summed E-state index contributed by atoms with van der Waals surface area (Å²) in [6.07, 6.45) is 1.18. The zero-order valence-electron chi connectivity index (χ0n) is 16.9. The van der Waals surface area contributed by atoms with Gasteiger partial charge in [0.05, 0.1) is 22.9 Å². The van der Waals surface area contributed by atoms with E-state index in [1.165, 1.54) is 11.1 Å². The van der Waals surface area contributed by atoms with Gasteiger partial charge in [-0.15, -0.1) is 0 Å². The van der Waals surface area contributed by atoms with Crippen LogP contribution in [0, 0.1) is 16.9 Å². The van der Waals surface area contributed by atoms with Crippen molar-refractivity contribution in [2.45, 2.75) is 32.9 Å². The molecule has 156 valence electrons. The minimum Gasteiger partial charge on any atom is -0.508 e. The smallest absolute Gasteiger partial charge is 0.271 e. The minimum absolute atomic E-state index is 0.139. The first kappa shape index (κ1) is 21.0. The van der Waals surface area contributed by atoms with Crippen molar-refractivity contribution in [2.75, 3.05) is 6.61 Å². The van der Waals surface area contributed by atoms with Crippen molar-refractivity contribution in [3.05, 3.63) is 63.6 Å². The Bertz CT molecular complexity index is 1040. The summed E-state index contributed by atoms with van der Waals surface area (Å²) in [5.41, 5.74) is 12.7. The average molecular weight is 409 g/mol. The van der Waals surface area contributed by atoms with E-state index in [-0.39, 0.29) is 16.9 Å². The van der Waals surface area contributed by atoms with Gasteiger partial charge in [-0.2, -0.15) is 10.8 Å². The van der Waals surface area contributed by atoms with Crippen LogP contribution in [0.25, 0.3) is 0 Å². The summed E-state index contributed by atoms with van der Waals surface area (Å²) in [5, 5.41) is 27.4. The van der Waals surface area contributed by atoms with Crippen molar-refractivity contribution in [1.82, 2.24) is 15.8 Å². The number of hydrogen-bond donors (Lipinski definition) is 5. The number of nitrogens with two attached hydrogens (primary N) is 1. The highest BCUT2D eigenvalue weighted by atomic mass is 16.5. The van der Waals surface area contributed by atoms with Crippen LogP contribution in [0.1, 0.15) is 37.8 Å². The highest BCUT2D eigenvalue weighted by molar-refractivity contribution is 5.97. The number of nitrogens with zero attached hydrogens (tertiary/aromatic N) is 3. The normalized spacial score (nSPS) is 20.8. The molecule has 0 spiro atoms. The molecule has 0 saturated carbocycles. The van der Waals surface area contributed by atoms with Gasteiger partial charge in [-0.25, -0.2) is 11.3 Å². The van der Waals surface area contributed by atoms with Crippen LogP contribution in [0.5, 0.6) is 5.75 Å². The third kappa shape index (κ3) is 3.41. The number of carbonyl (C=O) groups excluding carboxylic acids is 1. The molecule has 1 aromatic rings. The van der Waals surface area contributed by atoms with E-state index in [0.29, 0.717) is 29.1 Å². The van der Waals surface area contributed by atoms with E-state index in [2.05, 4.69) is 16.0 Å². The van der Waals surface area contributed by atoms with Crippen LogP contribution in [0.3, 0.4) is 0 Å². The quantitative estimate of drug-likeness (QED) is 0.282. The number of hydrazine groups is 1. The van der Waals surface area contributed by atoms with Gasteiger partial charge >= 0.3 is 0 Å². The number of rotatable bonds is 5. The fraction of sp³-hybridized carbons (Fsp3) is 0.300. The van der Waals surface area contributed by atoms with Crippen molar-refractivity contribution in [3.63, 3.8) is 0 Å². The first-order chi connectivity index (χ1) is 14.3. The first-order valence-corrected chi connectivity index (χ1v) is 9.29. The topological polar surface area (TPSA) is 160 Å². The Kier molecular flexibility index (Phi) is 5.86. The number of allylic oxidation sites excluding steroid dienone is 2. The molecule has 3 rings (SSSR count). The maximum absolute atomic E-state index is 12.9. The first-order valence-electron chi connectivity index (χ1n) is 9.29. The maximum atomic E-state index is 12.9. The van der Waals surface area contributed by atoms with Crippen LogP contribution in [0.2, 0.25) is 0 Å². The number of dihydropyridines is 1. The molecule has 0 aliphatic carbocycles. The van der Waals surface area contributed by atoms with Gasteiger partial charge < -0.3 is 15.2 Å². The second kappa shape index (κ2) is 8.36. The zero-order chi connectivity index (χ0) is 22.0. The average Bonchev–Trinajstić information content (AvgIpc) is 2.72. The molecule has 2 atom stereocenters. The molecule has 10 nitrogen and oxygen atoms in total. The Morgan fingerprint density at radius 2 is 2.23 bits per heavy atom. The molecule has 1 amide bonds. The van der Waals surface area contributed by atoms with Gasteiger partial charge in [0.1, 0.15) is 5.75 Å². The van der Waals surface area contributed by atoms with Crippen LogP contribution < -0.4 is 16.6 Å². The third-order valence-corrected chi connectivity index (χ3v) is 5.18. The van der Waals surface area contributed by atoms with Crippen LogP contribution >= 0.6 is 0 Å². The third-order valence-electron chi connectivity index (χ3n) is 5.18. The van der Waals surface area contributed by atoms with Crippen molar-refractivity contribution in [1.29, 1.82) is 10.8 Å². The lowest BCUT2D eigenvalue weighted by atomic mass is 9.76. The molecule has 0 aromatic heterocycles. The van der Waals surface area contributed by atoms with E-state index in [1.54, 1.807) is 25.3 Å². The van der Waals surface area contributed by atoms with Crippen LogP contribution in [-0.4, -0.2) is 28.9 Å². The van der Waals surface area contributed by atoms with Gasteiger partial charge in [0, 0.05) is 35.6 Å². The number of phenolic OH excluding ortho intramolecular Hbond substituents is 1. The minimum atomic E-state index is -0.748. The second-order valence-corrected chi connectivity index (χ2v) is 6.87. The highest BCUT2D eigenvalue weighted by Crippen LogP contribution is 2.47. The van der Waals surface area contributed by atoms with E-state index < -0.39 is 18.1 Å². The lowest BCUT2D eigenvalue weighted by molar-refractivity contribution is -0.118. The van der Waals surface area contributed by atoms with E-state index in [4.69, 9.17) is 21.4 Å². The Balaban J connectivity index is 2.32. The predicted octanol–water partition coefficient (Wildman–Crippen LogP) is 2.00. The van der Waals surface area contributed by atoms with Crippen molar-refractivity contribution < 1.29 is 14.6 Å². The SMILES string of the molecule is CCOC1NC=C(C)C2=C1C(c1ccc(C#N)cc1O)C(C(=O)NN=N)=C(C)N2N. The number of hydrogen-bond acceptors (Lipinski definition) is 9. The van der Waals surface area contributed by atoms with Crippen molar-refractivity contribution >= 4 is 5.91 Å². The van der Waals surface area contributed by atoms with Gasteiger partial charge in [-0.3, -0.25) is 9.80 Å². The number of amides is 1. The Hall–Kier alpha value is -3.68. The summed E-state index contributed by atoms with van der Waals surface area (Å²) in [5.74, 6) is 4.85. The number of ether oxygens (including phenoxy) is 1. The summed E-state index contributed by atoms with van der Waals surface area (Å²) in [6.45, 7) is 5.79. The van der Waals surface area contributed by atoms with Crippen LogP contribution in [0.15, 0.2) is 57.7 Å². The lowest BCUT2D eigenvalue weighted by Gasteiger charge is -2.42. The lowest BCUT2D eigenvalue weighted by Crippen LogP contribution is -2.46. The van der Waals surface area contributed by atoms with Gasteiger partial charge in [-0.05, 0) is 38.5 Å². The molecular formula is C20H23N7O3. The number of carbonyl (C=O) groups is 1. The van der Waals surface area contributed by atoms with E-state index in [9.17, 15) is 9.90 Å². The van der Waals surface area contributed by atoms with Gasteiger partial charge in [0.25, 0.3) is 5.91 Å². The molecule has 30 heavy (non-hydrogen) atoms. The Morgan fingerprint density at radius 3 is 2.83 bits per heavy atom. The zero-order valence-corrected chi connectivity index (χ0v) is 16.9. The molecular weight excluding hydrogens is 386 g/mol. The van der Waals surface area contributed by atoms with Crippen molar-refractivity contribution in [2.24, 2.45) is 11.1 Å². The van der Waals surface area contributed by atoms with E-state index in [0.717, 1.165) is 5.57 Å². The second-order valence-electron chi connectivity index (χ2n) is 6.87. The Labute approximate surface area is 173 Å². The molecule has 0 fully saturated rings.